The van der Waals surface area contributed by atoms with Crippen molar-refractivity contribution in [2.75, 3.05) is 13.2 Å². The third-order valence-corrected chi connectivity index (χ3v) is 3.52. The lowest BCUT2D eigenvalue weighted by atomic mass is 10.1. The second-order valence-corrected chi connectivity index (χ2v) is 5.26. The number of aliphatic hydroxyl groups is 1. The third-order valence-electron chi connectivity index (χ3n) is 3.52. The quantitative estimate of drug-likeness (QED) is 0.811. The van der Waals surface area contributed by atoms with E-state index in [-0.39, 0.29) is 24.6 Å². The van der Waals surface area contributed by atoms with Crippen LogP contribution in [0.3, 0.4) is 0 Å². The summed E-state index contributed by atoms with van der Waals surface area (Å²) in [5.74, 6) is 0.198. The number of aryl methyl sites for hydroxylation is 1. The monoisotopic (exact) mass is 301 g/mol. The predicted octanol–water partition coefficient (Wildman–Crippen LogP) is 2.23. The van der Waals surface area contributed by atoms with Crippen LogP contribution in [0, 0.1) is 6.92 Å². The van der Waals surface area contributed by atoms with Crippen molar-refractivity contribution in [1.82, 2.24) is 5.32 Å². The summed E-state index contributed by atoms with van der Waals surface area (Å²) in [6.07, 6.45) is 1.74. The molecule has 0 spiro atoms. The smallest absolute Gasteiger partial charge is 0.387 e. The van der Waals surface area contributed by atoms with Gasteiger partial charge < -0.3 is 19.9 Å². The fourth-order valence-electron chi connectivity index (χ4n) is 2.49. The molecular formula is C15H21F2NO3. The van der Waals surface area contributed by atoms with Crippen LogP contribution in [-0.2, 0) is 11.3 Å². The highest BCUT2D eigenvalue weighted by molar-refractivity contribution is 5.36. The van der Waals surface area contributed by atoms with Gasteiger partial charge in [0.1, 0.15) is 5.75 Å². The van der Waals surface area contributed by atoms with Gasteiger partial charge in [-0.05, 0) is 25.8 Å². The number of halogens is 2. The van der Waals surface area contributed by atoms with E-state index < -0.39 is 6.61 Å². The number of hydrogen-bond acceptors (Lipinski definition) is 4. The standard InChI is InChI=1S/C15H21F2NO3/c1-10-2-5-14(21-15(16)17)11(6-10)7-18-8-12-3-4-13(9-19)20-12/h2,5-6,12-13,15,18-19H,3-4,7-9H2,1H3/t12-,13+/m1/s1. The third kappa shape index (κ3) is 4.91. The summed E-state index contributed by atoms with van der Waals surface area (Å²) in [7, 11) is 0. The highest BCUT2D eigenvalue weighted by atomic mass is 19.3. The number of benzene rings is 1. The molecule has 2 N–H and O–H groups in total. The first kappa shape index (κ1) is 16.1. The number of ether oxygens (including phenoxy) is 2. The van der Waals surface area contributed by atoms with Crippen LogP contribution in [0.2, 0.25) is 0 Å². The predicted molar refractivity (Wildman–Crippen MR) is 74.5 cm³/mol. The molecule has 0 radical (unpaired) electrons. The van der Waals surface area contributed by atoms with Gasteiger partial charge in [0.05, 0.1) is 18.8 Å². The molecule has 1 aromatic carbocycles. The average molecular weight is 301 g/mol. The maximum Gasteiger partial charge on any atom is 0.387 e. The van der Waals surface area contributed by atoms with Gasteiger partial charge >= 0.3 is 6.61 Å². The molecule has 1 fully saturated rings. The summed E-state index contributed by atoms with van der Waals surface area (Å²) in [5.41, 5.74) is 1.69. The molecule has 0 aliphatic carbocycles. The van der Waals surface area contributed by atoms with Gasteiger partial charge in [-0.25, -0.2) is 0 Å². The SMILES string of the molecule is Cc1ccc(OC(F)F)c(CNC[C@H]2CC[C@@H](CO)O2)c1. The molecule has 21 heavy (non-hydrogen) atoms. The number of hydrogen-bond donors (Lipinski definition) is 2. The largest absolute Gasteiger partial charge is 0.434 e. The summed E-state index contributed by atoms with van der Waals surface area (Å²) >= 11 is 0. The second-order valence-electron chi connectivity index (χ2n) is 5.26. The molecule has 1 saturated heterocycles. The van der Waals surface area contributed by atoms with Crippen LogP contribution in [0.5, 0.6) is 5.75 Å². The van der Waals surface area contributed by atoms with Gasteiger partial charge in [0, 0.05) is 18.7 Å². The summed E-state index contributed by atoms with van der Waals surface area (Å²) in [6.45, 7) is 0.184. The lowest BCUT2D eigenvalue weighted by Gasteiger charge is -2.15. The molecule has 0 unspecified atom stereocenters. The summed E-state index contributed by atoms with van der Waals surface area (Å²) < 4.78 is 34.9. The Labute approximate surface area is 123 Å². The van der Waals surface area contributed by atoms with E-state index in [9.17, 15) is 8.78 Å². The molecular weight excluding hydrogens is 280 g/mol. The molecule has 2 rings (SSSR count). The van der Waals surface area contributed by atoms with Gasteiger partial charge in [-0.2, -0.15) is 8.78 Å². The Hall–Kier alpha value is -1.24. The molecule has 1 aromatic rings. The topological polar surface area (TPSA) is 50.7 Å². The van der Waals surface area contributed by atoms with E-state index in [1.54, 1.807) is 12.1 Å². The minimum absolute atomic E-state index is 0.0424. The minimum Gasteiger partial charge on any atom is -0.434 e. The first-order valence-electron chi connectivity index (χ1n) is 7.10. The van der Waals surface area contributed by atoms with E-state index in [4.69, 9.17) is 9.84 Å². The number of aliphatic hydroxyl groups excluding tert-OH is 1. The second kappa shape index (κ2) is 7.68. The van der Waals surface area contributed by atoms with Gasteiger partial charge in [0.25, 0.3) is 0 Å². The van der Waals surface area contributed by atoms with Gasteiger partial charge in [-0.15, -0.1) is 0 Å². The lowest BCUT2D eigenvalue weighted by molar-refractivity contribution is -0.0505. The lowest BCUT2D eigenvalue weighted by Crippen LogP contribution is -2.27. The molecule has 0 saturated carbocycles. The first-order chi connectivity index (χ1) is 10.1. The van der Waals surface area contributed by atoms with Crippen molar-refractivity contribution in [2.24, 2.45) is 0 Å². The van der Waals surface area contributed by atoms with Crippen molar-refractivity contribution in [3.05, 3.63) is 29.3 Å². The molecule has 2 atom stereocenters. The minimum atomic E-state index is -2.82. The van der Waals surface area contributed by atoms with E-state index in [1.807, 2.05) is 13.0 Å². The summed E-state index contributed by atoms with van der Waals surface area (Å²) in [6, 6.07) is 5.14. The average Bonchev–Trinajstić information content (AvgIpc) is 2.89. The number of alkyl halides is 2. The van der Waals surface area contributed by atoms with E-state index in [0.717, 1.165) is 18.4 Å². The van der Waals surface area contributed by atoms with Crippen molar-refractivity contribution in [1.29, 1.82) is 0 Å². The summed E-state index contributed by atoms with van der Waals surface area (Å²) in [4.78, 5) is 0. The zero-order valence-electron chi connectivity index (χ0n) is 12.0. The number of rotatable bonds is 7. The zero-order valence-corrected chi connectivity index (χ0v) is 12.0. The maximum atomic E-state index is 12.4. The van der Waals surface area contributed by atoms with Crippen molar-refractivity contribution in [3.8, 4) is 5.75 Å². The Kier molecular flexibility index (Phi) is 5.90. The van der Waals surface area contributed by atoms with E-state index >= 15 is 0 Å². The fraction of sp³-hybridized carbons (Fsp3) is 0.600. The van der Waals surface area contributed by atoms with Crippen molar-refractivity contribution in [2.45, 2.75) is 45.1 Å². The number of nitrogens with one attached hydrogen (secondary N) is 1. The Balaban J connectivity index is 1.86. The van der Waals surface area contributed by atoms with Crippen LogP contribution in [0.1, 0.15) is 24.0 Å². The van der Waals surface area contributed by atoms with Crippen molar-refractivity contribution in [3.63, 3.8) is 0 Å². The van der Waals surface area contributed by atoms with Crippen LogP contribution >= 0.6 is 0 Å². The molecule has 0 bridgehead atoms. The molecule has 1 aliphatic rings. The molecule has 1 aliphatic heterocycles. The van der Waals surface area contributed by atoms with Gasteiger partial charge in [-0.1, -0.05) is 17.7 Å². The van der Waals surface area contributed by atoms with Crippen LogP contribution < -0.4 is 10.1 Å². The first-order valence-corrected chi connectivity index (χ1v) is 7.10. The Morgan fingerprint density at radius 1 is 1.38 bits per heavy atom. The molecule has 118 valence electrons. The summed E-state index contributed by atoms with van der Waals surface area (Å²) in [5, 5.41) is 12.2. The van der Waals surface area contributed by atoms with Crippen LogP contribution in [0.25, 0.3) is 0 Å². The van der Waals surface area contributed by atoms with Gasteiger partial charge in [-0.3, -0.25) is 0 Å². The fourth-order valence-corrected chi connectivity index (χ4v) is 2.49. The Morgan fingerprint density at radius 3 is 2.81 bits per heavy atom. The Bertz CT molecular complexity index is 457. The van der Waals surface area contributed by atoms with Crippen LogP contribution in [0.4, 0.5) is 8.78 Å². The van der Waals surface area contributed by atoms with E-state index in [1.165, 1.54) is 0 Å². The molecule has 1 heterocycles. The molecule has 6 heteroatoms. The van der Waals surface area contributed by atoms with Crippen molar-refractivity contribution >= 4 is 0 Å². The zero-order chi connectivity index (χ0) is 15.2. The van der Waals surface area contributed by atoms with Crippen LogP contribution in [-0.4, -0.2) is 37.1 Å². The van der Waals surface area contributed by atoms with Gasteiger partial charge in [0.15, 0.2) is 0 Å². The highest BCUT2D eigenvalue weighted by Gasteiger charge is 2.24. The molecule has 0 aromatic heterocycles. The molecule has 4 nitrogen and oxygen atoms in total. The Morgan fingerprint density at radius 2 is 2.14 bits per heavy atom. The van der Waals surface area contributed by atoms with E-state index in [0.29, 0.717) is 18.7 Å². The highest BCUT2D eigenvalue weighted by Crippen LogP contribution is 2.23. The van der Waals surface area contributed by atoms with Crippen LogP contribution in [0.15, 0.2) is 18.2 Å². The van der Waals surface area contributed by atoms with Crippen molar-refractivity contribution < 1.29 is 23.4 Å². The maximum absolute atomic E-state index is 12.4. The molecule has 0 amide bonds. The normalized spacial score (nSPS) is 22.0. The van der Waals surface area contributed by atoms with E-state index in [2.05, 4.69) is 10.1 Å². The van der Waals surface area contributed by atoms with Gasteiger partial charge in [0.2, 0.25) is 0 Å².